The molecule has 6 N–H and O–H groups in total. The molecule has 9 heteroatoms. The Hall–Kier alpha value is -3.27. The molecule has 9 nitrogen and oxygen atoms in total. The lowest BCUT2D eigenvalue weighted by atomic mass is 10.0. The number of hydrogen-bond donors (Lipinski definition) is 5. The molecule has 1 atom stereocenters. The molecule has 0 saturated heterocycles. The molecule has 0 aliphatic carbocycles. The van der Waals surface area contributed by atoms with Gasteiger partial charge in [-0.1, -0.05) is 31.2 Å². The third kappa shape index (κ3) is 6.38. The minimum atomic E-state index is -1.03. The lowest BCUT2D eigenvalue weighted by molar-refractivity contribution is -0.130. The number of carbonyl (C=O) groups is 3. The Bertz CT molecular complexity index is 868. The van der Waals surface area contributed by atoms with Gasteiger partial charge in [0.25, 0.3) is 11.8 Å². The fourth-order valence-corrected chi connectivity index (χ4v) is 2.67. The first kappa shape index (κ1) is 23.0. The second-order valence-electron chi connectivity index (χ2n) is 6.77. The molecule has 3 amide bonds. The first-order chi connectivity index (χ1) is 14.4. The van der Waals surface area contributed by atoms with Gasteiger partial charge < -0.3 is 16.4 Å². The van der Waals surface area contributed by atoms with Gasteiger partial charge in [-0.05, 0) is 49.0 Å². The highest BCUT2D eigenvalue weighted by molar-refractivity contribution is 5.98. The topological polar surface area (TPSA) is 137 Å². The summed E-state index contributed by atoms with van der Waals surface area (Å²) in [5, 5.41) is 14.0. The summed E-state index contributed by atoms with van der Waals surface area (Å²) in [6.45, 7) is 2.96. The molecular weight excluding hydrogens is 386 g/mol. The predicted molar refractivity (Wildman–Crippen MR) is 114 cm³/mol. The maximum Gasteiger partial charge on any atom is 0.267 e. The third-order valence-electron chi connectivity index (χ3n) is 4.57. The number of amides is 3. The fourth-order valence-electron chi connectivity index (χ4n) is 2.67. The molecule has 0 spiro atoms. The molecule has 0 bridgehead atoms. The molecule has 0 aliphatic heterocycles. The van der Waals surface area contributed by atoms with Gasteiger partial charge in [-0.3, -0.25) is 24.5 Å². The molecule has 30 heavy (non-hydrogen) atoms. The van der Waals surface area contributed by atoms with Crippen LogP contribution in [0.1, 0.15) is 17.3 Å². The van der Waals surface area contributed by atoms with E-state index in [0.29, 0.717) is 17.8 Å². The highest BCUT2D eigenvalue weighted by Gasteiger charge is 2.19. The van der Waals surface area contributed by atoms with Crippen LogP contribution in [0, 0.1) is 0 Å². The number of benzene rings is 2. The van der Waals surface area contributed by atoms with E-state index in [-0.39, 0.29) is 12.5 Å². The normalized spacial score (nSPS) is 11.6. The van der Waals surface area contributed by atoms with Gasteiger partial charge in [0.15, 0.2) is 0 Å². The molecule has 0 fully saturated rings. The summed E-state index contributed by atoms with van der Waals surface area (Å²) in [5.41, 5.74) is 9.77. The maximum absolute atomic E-state index is 12.3. The molecule has 0 unspecified atom stereocenters. The second kappa shape index (κ2) is 11.1. The number of nitrogens with two attached hydrogens (primary N) is 1. The van der Waals surface area contributed by atoms with Crippen LogP contribution < -0.4 is 21.8 Å². The van der Waals surface area contributed by atoms with E-state index in [0.717, 1.165) is 17.7 Å². The number of nitrogens with zero attached hydrogens (tertiary/aromatic N) is 1. The zero-order valence-corrected chi connectivity index (χ0v) is 17.0. The van der Waals surface area contributed by atoms with Gasteiger partial charge in [-0.25, -0.2) is 5.48 Å². The van der Waals surface area contributed by atoms with Crippen molar-refractivity contribution in [2.45, 2.75) is 13.0 Å². The second-order valence-corrected chi connectivity index (χ2v) is 6.77. The number of carbonyl (C=O) groups excluding carboxylic acids is 3. The molecule has 0 heterocycles. The van der Waals surface area contributed by atoms with E-state index in [2.05, 4.69) is 10.6 Å². The molecule has 160 valence electrons. The summed E-state index contributed by atoms with van der Waals surface area (Å²) < 4.78 is 0. The minimum Gasteiger partial charge on any atom is -0.339 e. The SMILES string of the molecule is CCN(C)CC(=O)Nc1ccc(-c2ccc(C(=O)N[C@@H](CN)C(=O)NO)cc2)cc1. The summed E-state index contributed by atoms with van der Waals surface area (Å²) in [7, 11) is 1.88. The first-order valence-corrected chi connectivity index (χ1v) is 9.51. The quantitative estimate of drug-likeness (QED) is 0.305. The average molecular weight is 413 g/mol. The van der Waals surface area contributed by atoms with Crippen molar-refractivity contribution in [1.82, 2.24) is 15.7 Å². The molecule has 2 rings (SSSR count). The van der Waals surface area contributed by atoms with Gasteiger partial charge in [0.2, 0.25) is 5.91 Å². The summed E-state index contributed by atoms with van der Waals surface area (Å²) in [6.07, 6.45) is 0. The van der Waals surface area contributed by atoms with Crippen molar-refractivity contribution in [1.29, 1.82) is 0 Å². The Morgan fingerprint density at radius 3 is 2.10 bits per heavy atom. The number of hydroxylamine groups is 1. The Balaban J connectivity index is 2.01. The van der Waals surface area contributed by atoms with Crippen molar-refractivity contribution in [3.63, 3.8) is 0 Å². The van der Waals surface area contributed by atoms with Crippen LogP contribution in [-0.2, 0) is 9.59 Å². The Kier molecular flexibility index (Phi) is 8.48. The largest absolute Gasteiger partial charge is 0.339 e. The van der Waals surface area contributed by atoms with Gasteiger partial charge in [0.05, 0.1) is 6.54 Å². The van der Waals surface area contributed by atoms with Gasteiger partial charge in [0, 0.05) is 17.8 Å². The van der Waals surface area contributed by atoms with Crippen LogP contribution in [0.5, 0.6) is 0 Å². The highest BCUT2D eigenvalue weighted by atomic mass is 16.5. The van der Waals surface area contributed by atoms with Crippen LogP contribution in [0.4, 0.5) is 5.69 Å². The van der Waals surface area contributed by atoms with Gasteiger partial charge in [-0.15, -0.1) is 0 Å². The van der Waals surface area contributed by atoms with Crippen LogP contribution in [0.3, 0.4) is 0 Å². The maximum atomic E-state index is 12.3. The van der Waals surface area contributed by atoms with Crippen LogP contribution in [0.2, 0.25) is 0 Å². The Morgan fingerprint density at radius 2 is 1.60 bits per heavy atom. The molecule has 0 saturated carbocycles. The molecular formula is C21H27N5O4. The highest BCUT2D eigenvalue weighted by Crippen LogP contribution is 2.22. The summed E-state index contributed by atoms with van der Waals surface area (Å²) in [6, 6.07) is 13.2. The predicted octanol–water partition coefficient (Wildman–Crippen LogP) is 0.806. The van der Waals surface area contributed by atoms with Crippen LogP contribution in [0.15, 0.2) is 48.5 Å². The minimum absolute atomic E-state index is 0.0758. The van der Waals surface area contributed by atoms with E-state index in [9.17, 15) is 14.4 Å². The summed E-state index contributed by atoms with van der Waals surface area (Å²) in [5.74, 6) is -1.33. The lowest BCUT2D eigenvalue weighted by Crippen LogP contribution is -2.50. The van der Waals surface area contributed by atoms with Crippen LogP contribution in [-0.4, -0.2) is 60.6 Å². The number of nitrogens with one attached hydrogen (secondary N) is 3. The number of rotatable bonds is 9. The first-order valence-electron chi connectivity index (χ1n) is 9.51. The Labute approximate surface area is 175 Å². The number of anilines is 1. The van der Waals surface area contributed by atoms with Crippen molar-refractivity contribution < 1.29 is 19.6 Å². The summed E-state index contributed by atoms with van der Waals surface area (Å²) in [4.78, 5) is 37.6. The third-order valence-corrected chi connectivity index (χ3v) is 4.57. The molecule has 2 aromatic rings. The van der Waals surface area contributed by atoms with Gasteiger partial charge in [0.1, 0.15) is 6.04 Å². The molecule has 0 aromatic heterocycles. The molecule has 0 aliphatic rings. The van der Waals surface area contributed by atoms with Gasteiger partial charge >= 0.3 is 0 Å². The van der Waals surface area contributed by atoms with Crippen molar-refractivity contribution in [2.75, 3.05) is 32.0 Å². The van der Waals surface area contributed by atoms with E-state index >= 15 is 0 Å². The lowest BCUT2D eigenvalue weighted by Gasteiger charge is -2.15. The Morgan fingerprint density at radius 1 is 1.03 bits per heavy atom. The van der Waals surface area contributed by atoms with Crippen molar-refractivity contribution in [2.24, 2.45) is 5.73 Å². The molecule has 0 radical (unpaired) electrons. The summed E-state index contributed by atoms with van der Waals surface area (Å²) >= 11 is 0. The van der Waals surface area contributed by atoms with Crippen molar-refractivity contribution in [3.05, 3.63) is 54.1 Å². The number of hydrogen-bond acceptors (Lipinski definition) is 6. The monoisotopic (exact) mass is 413 g/mol. The fraction of sp³-hybridized carbons (Fsp3) is 0.286. The van der Waals surface area contributed by atoms with Crippen molar-refractivity contribution >= 4 is 23.4 Å². The average Bonchev–Trinajstić information content (AvgIpc) is 2.77. The van der Waals surface area contributed by atoms with E-state index in [1.54, 1.807) is 24.3 Å². The van der Waals surface area contributed by atoms with Gasteiger partial charge in [-0.2, -0.15) is 0 Å². The van der Waals surface area contributed by atoms with Crippen LogP contribution >= 0.6 is 0 Å². The van der Waals surface area contributed by atoms with E-state index in [4.69, 9.17) is 10.9 Å². The molecule has 2 aromatic carbocycles. The van der Waals surface area contributed by atoms with E-state index < -0.39 is 17.9 Å². The van der Waals surface area contributed by atoms with E-state index in [1.165, 1.54) is 5.48 Å². The van der Waals surface area contributed by atoms with E-state index in [1.807, 2.05) is 43.1 Å². The smallest absolute Gasteiger partial charge is 0.267 e. The zero-order chi connectivity index (χ0) is 22.1. The van der Waals surface area contributed by atoms with Crippen molar-refractivity contribution in [3.8, 4) is 11.1 Å². The number of likely N-dealkylation sites (N-methyl/N-ethyl adjacent to an activating group) is 1. The standard InChI is InChI=1S/C21H27N5O4/c1-3-26(2)13-19(27)23-17-10-8-15(9-11-17)14-4-6-16(7-5-14)20(28)24-18(12-22)21(29)25-30/h4-11,18,30H,3,12-13,22H2,1-2H3,(H,23,27)(H,24,28)(H,25,29)/t18-/m0/s1. The van der Waals surface area contributed by atoms with Crippen LogP contribution in [0.25, 0.3) is 11.1 Å². The zero-order valence-electron chi connectivity index (χ0n) is 17.0.